The molecular formula is C22H23F3N6O6S. The highest BCUT2D eigenvalue weighted by molar-refractivity contribution is 7.89. The number of benzene rings is 2. The highest BCUT2D eigenvalue weighted by atomic mass is 32.2. The number of nitrogens with zero attached hydrogens (tertiary/aromatic N) is 2. The van der Waals surface area contributed by atoms with Gasteiger partial charge in [0.1, 0.15) is 12.1 Å². The van der Waals surface area contributed by atoms with Crippen molar-refractivity contribution < 1.29 is 41.1 Å². The molecule has 7 N–H and O–H groups in total. The molecule has 1 aliphatic heterocycles. The summed E-state index contributed by atoms with van der Waals surface area (Å²) in [6, 6.07) is 7.70. The first-order valence-corrected chi connectivity index (χ1v) is 12.3. The number of halogens is 3. The van der Waals surface area contributed by atoms with Gasteiger partial charge in [-0.15, -0.1) is 0 Å². The third kappa shape index (κ3) is 7.66. The molecule has 0 fully saturated rings. The summed E-state index contributed by atoms with van der Waals surface area (Å²) in [6.45, 7) is -0.668. The number of hydrogen-bond acceptors (Lipinski definition) is 7. The lowest BCUT2D eigenvalue weighted by atomic mass is 10.0. The van der Waals surface area contributed by atoms with Crippen LogP contribution in [-0.4, -0.2) is 55.8 Å². The zero-order chi connectivity index (χ0) is 28.1. The number of hydrogen-bond donors (Lipinski definition) is 5. The number of oxime groups is 1. The van der Waals surface area contributed by atoms with Crippen LogP contribution in [0.25, 0.3) is 0 Å². The summed E-state index contributed by atoms with van der Waals surface area (Å²) in [7, 11) is -4.65. The Bertz CT molecular complexity index is 1360. The van der Waals surface area contributed by atoms with Crippen LogP contribution in [0.15, 0.2) is 63.6 Å². The number of carbonyl (C=O) groups is 2. The highest BCUT2D eigenvalue weighted by Crippen LogP contribution is 2.30. The van der Waals surface area contributed by atoms with Gasteiger partial charge in [0.15, 0.2) is 5.96 Å². The van der Waals surface area contributed by atoms with Gasteiger partial charge in [-0.1, -0.05) is 23.4 Å². The number of sulfonamides is 1. The van der Waals surface area contributed by atoms with Crippen LogP contribution in [0.3, 0.4) is 0 Å². The molecular weight excluding hydrogens is 533 g/mol. The second-order valence-electron chi connectivity index (χ2n) is 8.10. The number of alkyl halides is 3. The third-order valence-electron chi connectivity index (χ3n) is 5.18. The van der Waals surface area contributed by atoms with Crippen molar-refractivity contribution in [1.82, 2.24) is 10.0 Å². The van der Waals surface area contributed by atoms with Crippen LogP contribution in [0.2, 0.25) is 0 Å². The van der Waals surface area contributed by atoms with E-state index >= 15 is 0 Å². The van der Waals surface area contributed by atoms with E-state index in [0.717, 1.165) is 12.1 Å². The Balaban J connectivity index is 1.55. The number of aliphatic imine (C=N–C) groups is 1. The second-order valence-corrected chi connectivity index (χ2v) is 9.81. The van der Waals surface area contributed by atoms with Crippen LogP contribution < -0.4 is 21.5 Å². The molecule has 0 saturated carbocycles. The number of carboxylic acid groups (broad SMARTS) is 1. The fourth-order valence-electron chi connectivity index (χ4n) is 3.35. The van der Waals surface area contributed by atoms with E-state index in [1.165, 1.54) is 0 Å². The Kier molecular flexibility index (Phi) is 8.57. The molecule has 2 aromatic carbocycles. The van der Waals surface area contributed by atoms with Gasteiger partial charge in [0.2, 0.25) is 15.9 Å². The minimum Gasteiger partial charge on any atom is -0.480 e. The van der Waals surface area contributed by atoms with E-state index in [1.54, 1.807) is 29.0 Å². The average molecular weight is 557 g/mol. The first kappa shape index (κ1) is 28.4. The number of rotatable bonds is 10. The molecule has 16 heteroatoms. The molecule has 0 spiro atoms. The number of nitrogens with one attached hydrogen (secondary N) is 2. The SMILES string of the molecule is NC(N)=Nc1ccc(C2=NO[C@@H](CC(=O)NC[C@H](NS(=O)(=O)c3cccc(C(F)(F)F)c3)C(=O)O)C2)cc1. The van der Waals surface area contributed by atoms with Crippen LogP contribution >= 0.6 is 0 Å². The summed E-state index contributed by atoms with van der Waals surface area (Å²) in [6.07, 6.45) is -5.41. The van der Waals surface area contributed by atoms with Gasteiger partial charge in [0.05, 0.1) is 28.3 Å². The third-order valence-corrected chi connectivity index (χ3v) is 6.64. The van der Waals surface area contributed by atoms with Crippen molar-refractivity contribution in [3.05, 3.63) is 59.7 Å². The first-order chi connectivity index (χ1) is 17.7. The Morgan fingerprint density at radius 3 is 2.47 bits per heavy atom. The lowest BCUT2D eigenvalue weighted by Gasteiger charge is -2.17. The summed E-state index contributed by atoms with van der Waals surface area (Å²) >= 11 is 0. The van der Waals surface area contributed by atoms with E-state index in [2.05, 4.69) is 15.5 Å². The van der Waals surface area contributed by atoms with Crippen LogP contribution in [0.5, 0.6) is 0 Å². The maximum atomic E-state index is 12.9. The lowest BCUT2D eigenvalue weighted by molar-refractivity contribution is -0.139. The summed E-state index contributed by atoms with van der Waals surface area (Å²) in [5, 5.41) is 15.6. The number of aliphatic carboxylic acids is 1. The Hall–Kier alpha value is -4.18. The summed E-state index contributed by atoms with van der Waals surface area (Å²) in [5.41, 5.74) is 11.2. The number of carboxylic acids is 1. The van der Waals surface area contributed by atoms with Gasteiger partial charge in [-0.25, -0.2) is 13.4 Å². The van der Waals surface area contributed by atoms with Crippen LogP contribution in [0, 0.1) is 0 Å². The molecule has 0 saturated heterocycles. The molecule has 1 aliphatic rings. The van der Waals surface area contributed by atoms with Gasteiger partial charge < -0.3 is 26.7 Å². The molecule has 0 unspecified atom stereocenters. The molecule has 0 aliphatic carbocycles. The zero-order valence-corrected chi connectivity index (χ0v) is 20.3. The van der Waals surface area contributed by atoms with Gasteiger partial charge in [0, 0.05) is 13.0 Å². The highest BCUT2D eigenvalue weighted by Gasteiger charge is 2.33. The molecule has 38 heavy (non-hydrogen) atoms. The predicted molar refractivity (Wildman–Crippen MR) is 129 cm³/mol. The minimum atomic E-state index is -4.80. The Morgan fingerprint density at radius 1 is 1.18 bits per heavy atom. The molecule has 1 heterocycles. The number of nitrogens with two attached hydrogens (primary N) is 2. The molecule has 1 amide bonds. The summed E-state index contributed by atoms with van der Waals surface area (Å²) in [5.74, 6) is -2.40. The van der Waals surface area contributed by atoms with Crippen LogP contribution in [-0.2, 0) is 30.6 Å². The minimum absolute atomic E-state index is 0.0982. The maximum absolute atomic E-state index is 12.9. The topological polar surface area (TPSA) is 199 Å². The number of guanidine groups is 1. The van der Waals surface area contributed by atoms with Crippen molar-refractivity contribution in [1.29, 1.82) is 0 Å². The zero-order valence-electron chi connectivity index (χ0n) is 19.5. The van der Waals surface area contributed by atoms with Crippen molar-refractivity contribution in [3.63, 3.8) is 0 Å². The second kappa shape index (κ2) is 11.5. The quantitative estimate of drug-likeness (QED) is 0.211. The molecule has 2 aromatic rings. The summed E-state index contributed by atoms with van der Waals surface area (Å²) in [4.78, 5) is 32.3. The first-order valence-electron chi connectivity index (χ1n) is 10.9. The molecule has 2 atom stereocenters. The Labute approximate surface area is 214 Å². The number of amides is 1. The molecule has 204 valence electrons. The predicted octanol–water partition coefficient (Wildman–Crippen LogP) is 1.04. The normalized spacial score (nSPS) is 16.2. The maximum Gasteiger partial charge on any atom is 0.416 e. The van der Waals surface area contributed by atoms with Crippen molar-refractivity contribution in [2.24, 2.45) is 21.6 Å². The van der Waals surface area contributed by atoms with Gasteiger partial charge in [-0.3, -0.25) is 9.59 Å². The molecule has 12 nitrogen and oxygen atoms in total. The van der Waals surface area contributed by atoms with Crippen molar-refractivity contribution >= 4 is 39.3 Å². The van der Waals surface area contributed by atoms with Crippen molar-refractivity contribution in [2.45, 2.75) is 36.1 Å². The van der Waals surface area contributed by atoms with Crippen LogP contribution in [0.1, 0.15) is 24.0 Å². The van der Waals surface area contributed by atoms with Gasteiger partial charge in [-0.05, 0) is 35.9 Å². The van der Waals surface area contributed by atoms with E-state index in [4.69, 9.17) is 16.3 Å². The van der Waals surface area contributed by atoms with Gasteiger partial charge >= 0.3 is 12.1 Å². The fourth-order valence-corrected chi connectivity index (χ4v) is 4.59. The lowest BCUT2D eigenvalue weighted by Crippen LogP contribution is -2.48. The van der Waals surface area contributed by atoms with Crippen molar-refractivity contribution in [3.8, 4) is 0 Å². The Morgan fingerprint density at radius 2 is 1.87 bits per heavy atom. The number of carbonyl (C=O) groups excluding carboxylic acids is 1. The fraction of sp³-hybridized carbons (Fsp3) is 0.273. The monoisotopic (exact) mass is 556 g/mol. The van der Waals surface area contributed by atoms with E-state index in [1.807, 2.05) is 0 Å². The van der Waals surface area contributed by atoms with Crippen molar-refractivity contribution in [2.75, 3.05) is 6.54 Å². The largest absolute Gasteiger partial charge is 0.480 e. The van der Waals surface area contributed by atoms with E-state index in [-0.39, 0.29) is 18.8 Å². The molecule has 0 radical (unpaired) electrons. The average Bonchev–Trinajstić information content (AvgIpc) is 3.29. The van der Waals surface area contributed by atoms with E-state index < -0.39 is 57.2 Å². The van der Waals surface area contributed by atoms with Gasteiger partial charge in [-0.2, -0.15) is 17.9 Å². The van der Waals surface area contributed by atoms with E-state index in [0.29, 0.717) is 29.1 Å². The summed E-state index contributed by atoms with van der Waals surface area (Å²) < 4.78 is 65.5. The van der Waals surface area contributed by atoms with Gasteiger partial charge in [0.25, 0.3) is 0 Å². The molecule has 0 bridgehead atoms. The smallest absolute Gasteiger partial charge is 0.416 e. The standard InChI is InChI=1S/C22H23F3N6O6S/c23-22(24,25)13-2-1-3-16(8-13)38(35,36)31-18(20(33)34)11-28-19(32)10-15-9-17(30-37-15)12-4-6-14(7-5-12)29-21(26)27/h1-8,15,18,31H,9-11H2,(H,28,32)(H,33,34)(H4,26,27,29)/t15-,18+/m1/s1. The molecule has 3 rings (SSSR count). The van der Waals surface area contributed by atoms with E-state index in [9.17, 15) is 36.3 Å². The van der Waals surface area contributed by atoms with Crippen LogP contribution in [0.4, 0.5) is 18.9 Å². The molecule has 0 aromatic heterocycles.